The van der Waals surface area contributed by atoms with Crippen LogP contribution in [0.2, 0.25) is 0 Å². The molecule has 134 valence electrons. The van der Waals surface area contributed by atoms with E-state index in [1.54, 1.807) is 0 Å². The van der Waals surface area contributed by atoms with Gasteiger partial charge < -0.3 is 10.1 Å². The van der Waals surface area contributed by atoms with Crippen LogP contribution in [0.5, 0.6) is 0 Å². The van der Waals surface area contributed by atoms with Crippen LogP contribution in [0.1, 0.15) is 72.1 Å². The van der Waals surface area contributed by atoms with Gasteiger partial charge in [-0.3, -0.25) is 9.59 Å². The van der Waals surface area contributed by atoms with Gasteiger partial charge >= 0.3 is 0 Å². The van der Waals surface area contributed by atoms with Crippen molar-refractivity contribution in [3.05, 3.63) is 0 Å². The van der Waals surface area contributed by atoms with Crippen molar-refractivity contribution >= 4 is 12.4 Å². The number of fused-ring (bicyclic) bond motifs is 5. The van der Waals surface area contributed by atoms with E-state index in [9.17, 15) is 9.59 Å². The first kappa shape index (κ1) is 16.4. The fourth-order valence-corrected chi connectivity index (χ4v) is 7.23. The normalized spacial score (nSPS) is 53.4. The molecule has 7 atom stereocenters. The second kappa shape index (κ2) is 5.22. The Bertz CT molecular complexity index is 561. The Balaban J connectivity index is 1.63. The van der Waals surface area contributed by atoms with Crippen LogP contribution in [0, 0.1) is 28.6 Å². The molecule has 3 saturated carbocycles. The van der Waals surface area contributed by atoms with Gasteiger partial charge in [-0.25, -0.2) is 0 Å². The van der Waals surface area contributed by atoms with E-state index < -0.39 is 0 Å². The van der Waals surface area contributed by atoms with E-state index in [1.807, 2.05) is 0 Å². The molecule has 4 rings (SSSR count). The van der Waals surface area contributed by atoms with Crippen LogP contribution in [0.15, 0.2) is 0 Å². The summed E-state index contributed by atoms with van der Waals surface area (Å²) in [5.74, 6) is 2.31. The summed E-state index contributed by atoms with van der Waals surface area (Å²) in [5.41, 5.74) is 0.0573. The van der Waals surface area contributed by atoms with Crippen LogP contribution in [0.25, 0.3) is 0 Å². The third-order valence-electron chi connectivity index (χ3n) is 8.93. The number of rotatable bonds is 2. The maximum Gasteiger partial charge on any atom is 0.293 e. The Labute approximate surface area is 145 Å². The summed E-state index contributed by atoms with van der Waals surface area (Å²) in [6.07, 6.45) is 8.56. The monoisotopic (exact) mass is 333 g/mol. The average molecular weight is 333 g/mol. The molecule has 0 bridgehead atoms. The lowest BCUT2D eigenvalue weighted by atomic mass is 9.46. The summed E-state index contributed by atoms with van der Waals surface area (Å²) in [7, 11) is 0. The molecule has 0 radical (unpaired) electrons. The SMILES string of the molecule is C[C@]12CCC(=O)NC1CC[C@@H]1C2CC[C@@]2(C)C1CC[C@@]2(C)OC=O. The van der Waals surface area contributed by atoms with Crippen molar-refractivity contribution in [2.75, 3.05) is 0 Å². The van der Waals surface area contributed by atoms with Crippen LogP contribution >= 0.6 is 0 Å². The molecular weight excluding hydrogens is 302 g/mol. The quantitative estimate of drug-likeness (QED) is 0.788. The Morgan fingerprint density at radius 3 is 2.54 bits per heavy atom. The van der Waals surface area contributed by atoms with Crippen molar-refractivity contribution in [2.45, 2.75) is 83.8 Å². The highest BCUT2D eigenvalue weighted by Gasteiger charge is 2.64. The zero-order valence-corrected chi connectivity index (χ0v) is 15.3. The highest BCUT2D eigenvalue weighted by molar-refractivity contribution is 5.77. The highest BCUT2D eigenvalue weighted by atomic mass is 16.5. The van der Waals surface area contributed by atoms with E-state index in [4.69, 9.17) is 4.74 Å². The molecule has 0 aromatic rings. The molecule has 3 aliphatic carbocycles. The second-order valence-corrected chi connectivity index (χ2v) is 9.52. The Morgan fingerprint density at radius 2 is 1.79 bits per heavy atom. The van der Waals surface area contributed by atoms with Gasteiger partial charge in [0.25, 0.3) is 6.47 Å². The first-order chi connectivity index (χ1) is 11.3. The Morgan fingerprint density at radius 1 is 1.04 bits per heavy atom. The van der Waals surface area contributed by atoms with Crippen LogP contribution in [-0.4, -0.2) is 24.0 Å². The number of carbonyl (C=O) groups excluding carboxylic acids is 2. The minimum absolute atomic E-state index is 0.107. The van der Waals surface area contributed by atoms with Crippen molar-refractivity contribution < 1.29 is 14.3 Å². The lowest BCUT2D eigenvalue weighted by molar-refractivity contribution is -0.171. The van der Waals surface area contributed by atoms with Gasteiger partial charge in [-0.05, 0) is 75.0 Å². The molecule has 4 nitrogen and oxygen atoms in total. The van der Waals surface area contributed by atoms with Crippen LogP contribution in [0.3, 0.4) is 0 Å². The van der Waals surface area contributed by atoms with Crippen molar-refractivity contribution in [2.24, 2.45) is 28.6 Å². The van der Waals surface area contributed by atoms with Gasteiger partial charge in [0, 0.05) is 17.9 Å². The fraction of sp³-hybridized carbons (Fsp3) is 0.900. The number of carbonyl (C=O) groups is 2. The minimum Gasteiger partial charge on any atom is -0.461 e. The summed E-state index contributed by atoms with van der Waals surface area (Å²) in [4.78, 5) is 22.9. The second-order valence-electron chi connectivity index (χ2n) is 9.52. The molecule has 24 heavy (non-hydrogen) atoms. The lowest BCUT2D eigenvalue weighted by Crippen LogP contribution is -2.62. The van der Waals surface area contributed by atoms with Gasteiger partial charge in [0.1, 0.15) is 5.60 Å². The minimum atomic E-state index is -0.303. The molecule has 0 aromatic carbocycles. The molecule has 4 aliphatic rings. The molecule has 3 unspecified atom stereocenters. The van der Waals surface area contributed by atoms with Crippen LogP contribution in [-0.2, 0) is 14.3 Å². The largest absolute Gasteiger partial charge is 0.461 e. The maximum absolute atomic E-state index is 11.9. The van der Waals surface area contributed by atoms with E-state index >= 15 is 0 Å². The van der Waals surface area contributed by atoms with E-state index in [1.165, 1.54) is 19.3 Å². The van der Waals surface area contributed by atoms with E-state index in [0.717, 1.165) is 31.6 Å². The number of amides is 1. The summed E-state index contributed by atoms with van der Waals surface area (Å²) in [6, 6.07) is 0.364. The molecule has 1 heterocycles. The lowest BCUT2D eigenvalue weighted by Gasteiger charge is -2.60. The zero-order chi connectivity index (χ0) is 17.2. The Kier molecular flexibility index (Phi) is 3.57. The van der Waals surface area contributed by atoms with Gasteiger partial charge in [-0.15, -0.1) is 0 Å². The van der Waals surface area contributed by atoms with Crippen LogP contribution in [0.4, 0.5) is 0 Å². The number of hydrogen-bond acceptors (Lipinski definition) is 3. The van der Waals surface area contributed by atoms with Crippen molar-refractivity contribution in [3.8, 4) is 0 Å². The molecule has 0 aromatic heterocycles. The number of hydrogen-bond donors (Lipinski definition) is 1. The zero-order valence-electron chi connectivity index (χ0n) is 15.3. The predicted octanol–water partition coefficient (Wildman–Crippen LogP) is 3.44. The average Bonchev–Trinajstić information content (AvgIpc) is 2.80. The van der Waals surface area contributed by atoms with Gasteiger partial charge in [-0.2, -0.15) is 0 Å². The van der Waals surface area contributed by atoms with E-state index in [2.05, 4.69) is 26.1 Å². The number of nitrogens with one attached hydrogen (secondary N) is 1. The smallest absolute Gasteiger partial charge is 0.293 e. The molecule has 1 N–H and O–H groups in total. The molecule has 1 saturated heterocycles. The summed E-state index contributed by atoms with van der Waals surface area (Å²) < 4.78 is 5.65. The molecule has 1 aliphatic heterocycles. The first-order valence-corrected chi connectivity index (χ1v) is 9.75. The van der Waals surface area contributed by atoms with Crippen LogP contribution < -0.4 is 5.32 Å². The van der Waals surface area contributed by atoms with Gasteiger partial charge in [0.2, 0.25) is 5.91 Å². The molecule has 1 amide bonds. The van der Waals surface area contributed by atoms with Crippen molar-refractivity contribution in [1.82, 2.24) is 5.32 Å². The third-order valence-corrected chi connectivity index (χ3v) is 8.93. The molecular formula is C20H31NO3. The van der Waals surface area contributed by atoms with Gasteiger partial charge in [0.05, 0.1) is 0 Å². The number of ether oxygens (including phenoxy) is 1. The topological polar surface area (TPSA) is 55.4 Å². The van der Waals surface area contributed by atoms with Crippen molar-refractivity contribution in [3.63, 3.8) is 0 Å². The standard InChI is InChI=1S/C20H31NO3/c1-18-9-8-17(23)21-16(18)5-4-13-14(18)6-10-19(2)15(13)7-11-20(19,3)24-12-22/h12-16H,4-11H2,1-3H3,(H,21,23)/t13-,14?,15?,16?,18-,19+,20-/m1/s1. The molecule has 0 spiro atoms. The van der Waals surface area contributed by atoms with Crippen molar-refractivity contribution in [1.29, 1.82) is 0 Å². The number of piperidine rings is 1. The Hall–Kier alpha value is -1.06. The maximum atomic E-state index is 11.9. The van der Waals surface area contributed by atoms with E-state index in [0.29, 0.717) is 30.8 Å². The third kappa shape index (κ3) is 1.97. The molecule has 4 heteroatoms. The predicted molar refractivity (Wildman–Crippen MR) is 91.1 cm³/mol. The first-order valence-electron chi connectivity index (χ1n) is 9.75. The summed E-state index contributed by atoms with van der Waals surface area (Å²) in [6.45, 7) is 7.60. The highest BCUT2D eigenvalue weighted by Crippen LogP contribution is 2.67. The summed E-state index contributed by atoms with van der Waals surface area (Å²) in [5, 5.41) is 3.29. The van der Waals surface area contributed by atoms with Gasteiger partial charge in [-0.1, -0.05) is 13.8 Å². The van der Waals surface area contributed by atoms with E-state index in [-0.39, 0.29) is 22.3 Å². The molecule has 4 fully saturated rings. The fourth-order valence-electron chi connectivity index (χ4n) is 7.23. The summed E-state index contributed by atoms with van der Waals surface area (Å²) >= 11 is 0. The van der Waals surface area contributed by atoms with Gasteiger partial charge in [0.15, 0.2) is 0 Å².